The van der Waals surface area contributed by atoms with Crippen LogP contribution >= 0.6 is 34.3 Å². The van der Waals surface area contributed by atoms with Crippen molar-refractivity contribution in [3.05, 3.63) is 33.9 Å². The van der Waals surface area contributed by atoms with Crippen LogP contribution in [0.4, 0.5) is 0 Å². The van der Waals surface area contributed by atoms with E-state index in [9.17, 15) is 0 Å². The number of thiophene rings is 2. The molecule has 3 aromatic rings. The molecule has 0 unspecified atom stereocenters. The first kappa shape index (κ1) is 10.2. The quantitative estimate of drug-likeness (QED) is 0.611. The summed E-state index contributed by atoms with van der Waals surface area (Å²) < 4.78 is 0. The summed E-state index contributed by atoms with van der Waals surface area (Å²) in [4.78, 5) is 10.8. The third-order valence-electron chi connectivity index (χ3n) is 2.29. The standard InChI is InChI=1S/C11H7ClN2S2/c1-6-13-10(12)9-7(5-16-11(9)14-6)8-3-2-4-15-8/h2-5H,1H3. The fourth-order valence-corrected chi connectivity index (χ4v) is 3.79. The molecule has 5 heteroatoms. The van der Waals surface area contributed by atoms with Gasteiger partial charge in [-0.15, -0.1) is 22.7 Å². The van der Waals surface area contributed by atoms with Crippen LogP contribution in [-0.2, 0) is 0 Å². The highest BCUT2D eigenvalue weighted by atomic mass is 35.5. The summed E-state index contributed by atoms with van der Waals surface area (Å²) in [5, 5.41) is 5.67. The van der Waals surface area contributed by atoms with Crippen molar-refractivity contribution in [2.45, 2.75) is 6.92 Å². The molecule has 0 saturated carbocycles. The molecule has 0 N–H and O–H groups in total. The maximum absolute atomic E-state index is 6.19. The molecule has 16 heavy (non-hydrogen) atoms. The van der Waals surface area contributed by atoms with Crippen LogP contribution in [0.15, 0.2) is 22.9 Å². The van der Waals surface area contributed by atoms with Crippen molar-refractivity contribution in [3.63, 3.8) is 0 Å². The number of aryl methyl sites for hydroxylation is 1. The maximum Gasteiger partial charge on any atom is 0.142 e. The summed E-state index contributed by atoms with van der Waals surface area (Å²) in [6.45, 7) is 1.86. The molecule has 0 aromatic carbocycles. The Morgan fingerprint density at radius 2 is 2.12 bits per heavy atom. The van der Waals surface area contributed by atoms with Gasteiger partial charge >= 0.3 is 0 Å². The van der Waals surface area contributed by atoms with Crippen LogP contribution in [0.5, 0.6) is 0 Å². The molecule has 0 bridgehead atoms. The van der Waals surface area contributed by atoms with E-state index in [1.807, 2.05) is 13.0 Å². The summed E-state index contributed by atoms with van der Waals surface area (Å²) in [5.41, 5.74) is 1.14. The van der Waals surface area contributed by atoms with Gasteiger partial charge in [0, 0.05) is 15.8 Å². The molecular weight excluding hydrogens is 260 g/mol. The van der Waals surface area contributed by atoms with Crippen molar-refractivity contribution in [3.8, 4) is 10.4 Å². The summed E-state index contributed by atoms with van der Waals surface area (Å²) in [5.74, 6) is 0.720. The molecular formula is C11H7ClN2S2. The Kier molecular flexibility index (Phi) is 2.42. The number of halogens is 1. The van der Waals surface area contributed by atoms with Gasteiger partial charge in [-0.1, -0.05) is 17.7 Å². The van der Waals surface area contributed by atoms with Gasteiger partial charge in [0.25, 0.3) is 0 Å². The Balaban J connectivity index is 2.36. The van der Waals surface area contributed by atoms with Crippen molar-refractivity contribution >= 4 is 44.5 Å². The zero-order valence-electron chi connectivity index (χ0n) is 8.40. The largest absolute Gasteiger partial charge is 0.222 e. The van der Waals surface area contributed by atoms with Crippen LogP contribution in [0.2, 0.25) is 5.15 Å². The molecule has 0 fully saturated rings. The second-order valence-electron chi connectivity index (χ2n) is 3.37. The third kappa shape index (κ3) is 1.54. The third-order valence-corrected chi connectivity index (χ3v) is 4.34. The van der Waals surface area contributed by atoms with E-state index in [-0.39, 0.29) is 0 Å². The van der Waals surface area contributed by atoms with Gasteiger partial charge in [0.2, 0.25) is 0 Å². The van der Waals surface area contributed by atoms with Crippen molar-refractivity contribution in [2.24, 2.45) is 0 Å². The average molecular weight is 267 g/mol. The minimum atomic E-state index is 0.548. The Hall–Kier alpha value is -0.970. The lowest BCUT2D eigenvalue weighted by Crippen LogP contribution is -1.87. The zero-order chi connectivity index (χ0) is 11.1. The monoisotopic (exact) mass is 266 g/mol. The fraction of sp³-hybridized carbons (Fsp3) is 0.0909. The molecule has 0 aliphatic carbocycles. The molecule has 2 nitrogen and oxygen atoms in total. The Morgan fingerprint density at radius 3 is 2.88 bits per heavy atom. The normalized spacial score (nSPS) is 11.1. The average Bonchev–Trinajstić information content (AvgIpc) is 2.82. The first-order chi connectivity index (χ1) is 7.75. The highest BCUT2D eigenvalue weighted by Gasteiger charge is 2.13. The van der Waals surface area contributed by atoms with E-state index >= 15 is 0 Å². The molecule has 0 aliphatic rings. The molecule has 0 atom stereocenters. The van der Waals surface area contributed by atoms with Gasteiger partial charge in [-0.2, -0.15) is 0 Å². The summed E-state index contributed by atoms with van der Waals surface area (Å²) in [6.07, 6.45) is 0. The maximum atomic E-state index is 6.19. The molecule has 80 valence electrons. The summed E-state index contributed by atoms with van der Waals surface area (Å²) >= 11 is 9.50. The van der Waals surface area contributed by atoms with E-state index < -0.39 is 0 Å². The van der Waals surface area contributed by atoms with Crippen molar-refractivity contribution < 1.29 is 0 Å². The Labute approximate surface area is 106 Å². The smallest absolute Gasteiger partial charge is 0.142 e. The molecule has 0 saturated heterocycles. The van der Waals surface area contributed by atoms with Gasteiger partial charge in [-0.25, -0.2) is 9.97 Å². The Morgan fingerprint density at radius 1 is 1.25 bits per heavy atom. The van der Waals surface area contributed by atoms with Crippen LogP contribution < -0.4 is 0 Å². The van der Waals surface area contributed by atoms with Gasteiger partial charge in [0.05, 0.1) is 5.39 Å². The topological polar surface area (TPSA) is 25.8 Å². The van der Waals surface area contributed by atoms with Crippen LogP contribution in [0.25, 0.3) is 20.7 Å². The summed E-state index contributed by atoms with van der Waals surface area (Å²) in [7, 11) is 0. The van der Waals surface area contributed by atoms with Crippen LogP contribution in [0.3, 0.4) is 0 Å². The summed E-state index contributed by atoms with van der Waals surface area (Å²) in [6, 6.07) is 4.12. The molecule has 0 amide bonds. The minimum absolute atomic E-state index is 0.548. The molecule has 3 heterocycles. The van der Waals surface area contributed by atoms with Gasteiger partial charge in [-0.3, -0.25) is 0 Å². The molecule has 0 radical (unpaired) electrons. The van der Waals surface area contributed by atoms with E-state index in [0.29, 0.717) is 5.15 Å². The second-order valence-corrected chi connectivity index (χ2v) is 5.53. The lowest BCUT2D eigenvalue weighted by Gasteiger charge is -1.98. The highest BCUT2D eigenvalue weighted by molar-refractivity contribution is 7.18. The van der Waals surface area contributed by atoms with Gasteiger partial charge in [0.15, 0.2) is 0 Å². The number of fused-ring (bicyclic) bond motifs is 1. The zero-order valence-corrected chi connectivity index (χ0v) is 10.8. The second kappa shape index (κ2) is 3.80. The van der Waals surface area contributed by atoms with E-state index in [2.05, 4.69) is 26.8 Å². The van der Waals surface area contributed by atoms with E-state index in [0.717, 1.165) is 21.6 Å². The van der Waals surface area contributed by atoms with E-state index in [1.54, 1.807) is 22.7 Å². The Bertz CT molecular complexity index is 643. The van der Waals surface area contributed by atoms with Crippen molar-refractivity contribution in [1.29, 1.82) is 0 Å². The number of aromatic nitrogens is 2. The van der Waals surface area contributed by atoms with Gasteiger partial charge < -0.3 is 0 Å². The molecule has 0 spiro atoms. The van der Waals surface area contributed by atoms with Crippen LogP contribution in [-0.4, -0.2) is 9.97 Å². The van der Waals surface area contributed by atoms with Crippen LogP contribution in [0.1, 0.15) is 5.82 Å². The number of hydrogen-bond donors (Lipinski definition) is 0. The van der Waals surface area contributed by atoms with Gasteiger partial charge in [0.1, 0.15) is 15.8 Å². The van der Waals surface area contributed by atoms with Crippen LogP contribution in [0, 0.1) is 6.92 Å². The predicted octanol–water partition coefficient (Wildman–Crippen LogP) is 4.38. The van der Waals surface area contributed by atoms with E-state index in [1.165, 1.54) is 4.88 Å². The molecule has 3 rings (SSSR count). The highest BCUT2D eigenvalue weighted by Crippen LogP contribution is 2.38. The number of nitrogens with zero attached hydrogens (tertiary/aromatic N) is 2. The van der Waals surface area contributed by atoms with E-state index in [4.69, 9.17) is 11.6 Å². The SMILES string of the molecule is Cc1nc(Cl)c2c(-c3cccs3)csc2n1. The van der Waals surface area contributed by atoms with Crippen molar-refractivity contribution in [2.75, 3.05) is 0 Å². The molecule has 0 aliphatic heterocycles. The number of hydrogen-bond acceptors (Lipinski definition) is 4. The predicted molar refractivity (Wildman–Crippen MR) is 70.5 cm³/mol. The number of rotatable bonds is 1. The fourth-order valence-electron chi connectivity index (χ4n) is 1.61. The first-order valence-corrected chi connectivity index (χ1v) is 6.84. The van der Waals surface area contributed by atoms with Gasteiger partial charge in [-0.05, 0) is 18.4 Å². The molecule has 3 aromatic heterocycles. The lowest BCUT2D eigenvalue weighted by molar-refractivity contribution is 1.10. The lowest BCUT2D eigenvalue weighted by atomic mass is 10.2. The van der Waals surface area contributed by atoms with Crippen molar-refractivity contribution in [1.82, 2.24) is 9.97 Å². The minimum Gasteiger partial charge on any atom is -0.222 e. The first-order valence-electron chi connectivity index (χ1n) is 4.71.